The molecule has 1 N–H and O–H groups in total. The summed E-state index contributed by atoms with van der Waals surface area (Å²) in [6.07, 6.45) is 3.88. The van der Waals surface area contributed by atoms with E-state index in [9.17, 15) is 9.59 Å². The normalized spacial score (nSPS) is 19.7. The number of carbonyl (C=O) groups is 2. The Morgan fingerprint density at radius 1 is 1.03 bits per heavy atom. The summed E-state index contributed by atoms with van der Waals surface area (Å²) >= 11 is 0. The van der Waals surface area contributed by atoms with Crippen LogP contribution in [0.25, 0.3) is 0 Å². The number of benzene rings is 2. The van der Waals surface area contributed by atoms with E-state index in [4.69, 9.17) is 0 Å². The number of amides is 2. The number of piperidine rings is 1. The van der Waals surface area contributed by atoms with Crippen LogP contribution < -0.4 is 5.32 Å². The third-order valence-corrected chi connectivity index (χ3v) is 6.68. The van der Waals surface area contributed by atoms with Crippen molar-refractivity contribution in [1.82, 2.24) is 9.80 Å². The standard InChI is InChI=1S/C26H33N3O2/c1-3-20-7-6-9-22(17-20)27-24(30)18-29-16-13-21-8-4-5-10-23(21)25(29)26(31)28-14-11-19(2)12-15-28/h4-10,17,19,25H,3,11-16,18H2,1-2H3,(H,27,30). The quantitative estimate of drug-likeness (QED) is 0.796. The van der Waals surface area contributed by atoms with E-state index in [1.807, 2.05) is 35.2 Å². The van der Waals surface area contributed by atoms with Crippen LogP contribution in [-0.4, -0.2) is 47.8 Å². The number of nitrogens with one attached hydrogen (secondary N) is 1. The smallest absolute Gasteiger partial charge is 0.244 e. The molecule has 1 saturated heterocycles. The lowest BCUT2D eigenvalue weighted by Gasteiger charge is -2.40. The maximum atomic E-state index is 13.6. The molecule has 4 rings (SSSR count). The molecule has 1 atom stereocenters. The van der Waals surface area contributed by atoms with Crippen LogP contribution in [-0.2, 0) is 22.4 Å². The summed E-state index contributed by atoms with van der Waals surface area (Å²) in [5, 5.41) is 3.03. The van der Waals surface area contributed by atoms with E-state index in [2.05, 4.69) is 42.3 Å². The Labute approximate surface area is 185 Å². The Morgan fingerprint density at radius 3 is 2.58 bits per heavy atom. The second kappa shape index (κ2) is 9.65. The molecule has 0 bridgehead atoms. The summed E-state index contributed by atoms with van der Waals surface area (Å²) in [4.78, 5) is 30.6. The zero-order chi connectivity index (χ0) is 21.8. The Kier molecular flexibility index (Phi) is 6.71. The second-order valence-corrected chi connectivity index (χ2v) is 8.93. The molecule has 2 aliphatic heterocycles. The molecule has 5 nitrogen and oxygen atoms in total. The Hall–Kier alpha value is -2.66. The molecular weight excluding hydrogens is 386 g/mol. The fourth-order valence-electron chi connectivity index (χ4n) is 4.73. The molecular formula is C26H33N3O2. The number of hydrogen-bond donors (Lipinski definition) is 1. The van der Waals surface area contributed by atoms with Gasteiger partial charge in [0.2, 0.25) is 11.8 Å². The van der Waals surface area contributed by atoms with Gasteiger partial charge in [0.25, 0.3) is 0 Å². The summed E-state index contributed by atoms with van der Waals surface area (Å²) < 4.78 is 0. The van der Waals surface area contributed by atoms with E-state index < -0.39 is 0 Å². The number of rotatable bonds is 5. The van der Waals surface area contributed by atoms with Crippen molar-refractivity contribution in [3.05, 3.63) is 65.2 Å². The topological polar surface area (TPSA) is 52.7 Å². The lowest BCUT2D eigenvalue weighted by atomic mass is 9.90. The zero-order valence-corrected chi connectivity index (χ0v) is 18.6. The highest BCUT2D eigenvalue weighted by Gasteiger charge is 2.37. The molecule has 0 aromatic heterocycles. The molecule has 2 aromatic carbocycles. The second-order valence-electron chi connectivity index (χ2n) is 8.93. The van der Waals surface area contributed by atoms with Crippen LogP contribution in [0, 0.1) is 5.92 Å². The molecule has 0 aliphatic carbocycles. The van der Waals surface area contributed by atoms with Crippen molar-refractivity contribution in [2.24, 2.45) is 5.92 Å². The van der Waals surface area contributed by atoms with Gasteiger partial charge in [0.05, 0.1) is 6.54 Å². The minimum atomic E-state index is -0.383. The van der Waals surface area contributed by atoms with Crippen molar-refractivity contribution in [3.8, 4) is 0 Å². The number of carbonyl (C=O) groups excluding carboxylic acids is 2. The van der Waals surface area contributed by atoms with Crippen LogP contribution in [0.3, 0.4) is 0 Å². The zero-order valence-electron chi connectivity index (χ0n) is 18.6. The number of fused-ring (bicyclic) bond motifs is 1. The fourth-order valence-corrected chi connectivity index (χ4v) is 4.73. The van der Waals surface area contributed by atoms with Gasteiger partial charge in [0.15, 0.2) is 0 Å². The van der Waals surface area contributed by atoms with Crippen molar-refractivity contribution in [3.63, 3.8) is 0 Å². The average molecular weight is 420 g/mol. The van der Waals surface area contributed by atoms with Crippen LogP contribution in [0.2, 0.25) is 0 Å². The SMILES string of the molecule is CCc1cccc(NC(=O)CN2CCc3ccccc3C2C(=O)N2CCC(C)CC2)c1. The largest absolute Gasteiger partial charge is 0.341 e. The highest BCUT2D eigenvalue weighted by atomic mass is 16.2. The summed E-state index contributed by atoms with van der Waals surface area (Å²) in [7, 11) is 0. The lowest BCUT2D eigenvalue weighted by Crippen LogP contribution is -2.50. The van der Waals surface area contributed by atoms with Gasteiger partial charge in [0, 0.05) is 25.3 Å². The summed E-state index contributed by atoms with van der Waals surface area (Å²) in [6.45, 7) is 6.89. The molecule has 0 saturated carbocycles. The van der Waals surface area contributed by atoms with Crippen LogP contribution in [0.5, 0.6) is 0 Å². The summed E-state index contributed by atoms with van der Waals surface area (Å²) in [6, 6.07) is 15.8. The van der Waals surface area contributed by atoms with Crippen molar-refractivity contribution in [2.45, 2.75) is 45.6 Å². The summed E-state index contributed by atoms with van der Waals surface area (Å²) in [5.74, 6) is 0.737. The third kappa shape index (κ3) is 4.99. The van der Waals surface area contributed by atoms with Gasteiger partial charge in [-0.2, -0.15) is 0 Å². The highest BCUT2D eigenvalue weighted by molar-refractivity contribution is 5.93. The van der Waals surface area contributed by atoms with Gasteiger partial charge in [0.1, 0.15) is 6.04 Å². The van der Waals surface area contributed by atoms with Crippen LogP contribution >= 0.6 is 0 Å². The molecule has 2 heterocycles. The van der Waals surface area contributed by atoms with Crippen molar-refractivity contribution in [2.75, 3.05) is 31.5 Å². The molecule has 164 valence electrons. The van der Waals surface area contributed by atoms with E-state index in [-0.39, 0.29) is 24.4 Å². The van der Waals surface area contributed by atoms with E-state index >= 15 is 0 Å². The molecule has 0 radical (unpaired) electrons. The van der Waals surface area contributed by atoms with Gasteiger partial charge in [-0.1, -0.05) is 50.2 Å². The molecule has 5 heteroatoms. The number of anilines is 1. The van der Waals surface area contributed by atoms with Crippen LogP contribution in [0.1, 0.15) is 49.4 Å². The molecule has 2 amide bonds. The first-order valence-electron chi connectivity index (χ1n) is 11.5. The maximum Gasteiger partial charge on any atom is 0.244 e. The maximum absolute atomic E-state index is 13.6. The minimum absolute atomic E-state index is 0.0716. The molecule has 0 spiro atoms. The predicted molar refractivity (Wildman–Crippen MR) is 124 cm³/mol. The van der Waals surface area contributed by atoms with Gasteiger partial charge >= 0.3 is 0 Å². The van der Waals surface area contributed by atoms with Gasteiger partial charge in [-0.05, 0) is 60.4 Å². The average Bonchev–Trinajstić information content (AvgIpc) is 2.79. The van der Waals surface area contributed by atoms with E-state index in [1.165, 1.54) is 11.1 Å². The van der Waals surface area contributed by atoms with Gasteiger partial charge < -0.3 is 10.2 Å². The first-order chi connectivity index (χ1) is 15.0. The number of aryl methyl sites for hydroxylation is 1. The predicted octanol–water partition coefficient (Wildman–Crippen LogP) is 4.05. The van der Waals surface area contributed by atoms with Crippen molar-refractivity contribution in [1.29, 1.82) is 0 Å². The number of likely N-dealkylation sites (tertiary alicyclic amines) is 1. The monoisotopic (exact) mass is 419 g/mol. The minimum Gasteiger partial charge on any atom is -0.341 e. The molecule has 1 unspecified atom stereocenters. The van der Waals surface area contributed by atoms with E-state index in [0.29, 0.717) is 12.5 Å². The number of nitrogens with zero attached hydrogens (tertiary/aromatic N) is 2. The third-order valence-electron chi connectivity index (χ3n) is 6.68. The molecule has 31 heavy (non-hydrogen) atoms. The Balaban J connectivity index is 1.52. The van der Waals surface area contributed by atoms with Gasteiger partial charge in [-0.3, -0.25) is 14.5 Å². The molecule has 2 aliphatic rings. The first-order valence-corrected chi connectivity index (χ1v) is 11.5. The Morgan fingerprint density at radius 2 is 1.81 bits per heavy atom. The van der Waals surface area contributed by atoms with Crippen molar-refractivity contribution >= 4 is 17.5 Å². The summed E-state index contributed by atoms with van der Waals surface area (Å²) in [5.41, 5.74) is 4.28. The highest BCUT2D eigenvalue weighted by Crippen LogP contribution is 2.32. The first kappa shape index (κ1) is 21.6. The van der Waals surface area contributed by atoms with E-state index in [0.717, 1.165) is 50.0 Å². The number of hydrogen-bond acceptors (Lipinski definition) is 3. The Bertz CT molecular complexity index is 934. The van der Waals surface area contributed by atoms with Crippen LogP contribution in [0.15, 0.2) is 48.5 Å². The fraction of sp³-hybridized carbons (Fsp3) is 0.462. The van der Waals surface area contributed by atoms with Gasteiger partial charge in [-0.15, -0.1) is 0 Å². The van der Waals surface area contributed by atoms with Gasteiger partial charge in [-0.25, -0.2) is 0 Å². The molecule has 2 aromatic rings. The van der Waals surface area contributed by atoms with E-state index in [1.54, 1.807) is 0 Å². The molecule has 1 fully saturated rings. The van der Waals surface area contributed by atoms with Crippen molar-refractivity contribution < 1.29 is 9.59 Å². The lowest BCUT2D eigenvalue weighted by molar-refractivity contribution is -0.139. The van der Waals surface area contributed by atoms with Crippen LogP contribution in [0.4, 0.5) is 5.69 Å².